The molecule has 2 aromatic heterocycles. The Bertz CT molecular complexity index is 692. The molecule has 2 aromatic rings. The molecule has 1 aliphatic rings. The number of aromatic nitrogens is 2. The molecule has 1 aliphatic heterocycles. The van der Waals surface area contributed by atoms with E-state index < -0.39 is 0 Å². The van der Waals surface area contributed by atoms with Crippen LogP contribution in [0.4, 0.5) is 0 Å². The Kier molecular flexibility index (Phi) is 5.48. The fourth-order valence-corrected chi connectivity index (χ4v) is 3.17. The van der Waals surface area contributed by atoms with E-state index in [1.165, 1.54) is 7.11 Å². The minimum atomic E-state index is -0.182. The van der Waals surface area contributed by atoms with Gasteiger partial charge in [-0.1, -0.05) is 6.07 Å². The summed E-state index contributed by atoms with van der Waals surface area (Å²) in [6.07, 6.45) is 4.91. The van der Waals surface area contributed by atoms with Gasteiger partial charge in [0.2, 0.25) is 0 Å². The predicted molar refractivity (Wildman–Crippen MR) is 90.8 cm³/mol. The first-order chi connectivity index (χ1) is 11.7. The molecule has 6 nitrogen and oxygen atoms in total. The van der Waals surface area contributed by atoms with Gasteiger partial charge in [0.15, 0.2) is 0 Å². The molecule has 0 aromatic carbocycles. The Morgan fingerprint density at radius 1 is 1.50 bits per heavy atom. The summed E-state index contributed by atoms with van der Waals surface area (Å²) in [5.74, 6) is -0.182. The van der Waals surface area contributed by atoms with E-state index in [2.05, 4.69) is 28.5 Å². The zero-order chi connectivity index (χ0) is 16.9. The quantitative estimate of drug-likeness (QED) is 0.728. The lowest BCUT2D eigenvalue weighted by Gasteiger charge is -2.23. The largest absolute Gasteiger partial charge is 0.469 e. The van der Waals surface area contributed by atoms with Crippen LogP contribution in [0, 0.1) is 6.92 Å². The topological polar surface area (TPSA) is 56.1 Å². The van der Waals surface area contributed by atoms with E-state index in [1.807, 2.05) is 12.1 Å². The second kappa shape index (κ2) is 7.77. The van der Waals surface area contributed by atoms with E-state index in [1.54, 1.807) is 0 Å². The SMILES string of the molecule is COC(=O)CCN(Cc1cn2c(C)cccc2n1)CC1CCCO1. The molecular weight excluding hydrogens is 306 g/mol. The summed E-state index contributed by atoms with van der Waals surface area (Å²) >= 11 is 0. The number of ether oxygens (including phenoxy) is 2. The summed E-state index contributed by atoms with van der Waals surface area (Å²) in [6.45, 7) is 5.09. The maximum atomic E-state index is 11.5. The number of nitrogens with zero attached hydrogens (tertiary/aromatic N) is 3. The molecule has 3 rings (SSSR count). The number of carbonyl (C=O) groups is 1. The Balaban J connectivity index is 1.70. The number of aryl methyl sites for hydroxylation is 1. The van der Waals surface area contributed by atoms with Crippen LogP contribution in [0.25, 0.3) is 5.65 Å². The van der Waals surface area contributed by atoms with Gasteiger partial charge in [0.25, 0.3) is 0 Å². The fraction of sp³-hybridized carbons (Fsp3) is 0.556. The van der Waals surface area contributed by atoms with E-state index in [0.29, 0.717) is 19.5 Å². The van der Waals surface area contributed by atoms with Crippen LogP contribution in [-0.2, 0) is 20.8 Å². The van der Waals surface area contributed by atoms with Crippen molar-refractivity contribution in [3.8, 4) is 0 Å². The van der Waals surface area contributed by atoms with Gasteiger partial charge >= 0.3 is 5.97 Å². The molecule has 0 spiro atoms. The van der Waals surface area contributed by atoms with Crippen molar-refractivity contribution in [2.45, 2.75) is 38.8 Å². The molecule has 0 radical (unpaired) electrons. The zero-order valence-corrected chi connectivity index (χ0v) is 14.4. The molecule has 0 bridgehead atoms. The Hall–Kier alpha value is -1.92. The van der Waals surface area contributed by atoms with Crippen LogP contribution >= 0.6 is 0 Å². The summed E-state index contributed by atoms with van der Waals surface area (Å²) in [5, 5.41) is 0. The summed E-state index contributed by atoms with van der Waals surface area (Å²) in [6, 6.07) is 6.10. The van der Waals surface area contributed by atoms with Crippen LogP contribution in [0.5, 0.6) is 0 Å². The first-order valence-electron chi connectivity index (χ1n) is 8.50. The van der Waals surface area contributed by atoms with Gasteiger partial charge in [-0.05, 0) is 31.9 Å². The third kappa shape index (κ3) is 4.13. The van der Waals surface area contributed by atoms with Crippen molar-refractivity contribution in [2.24, 2.45) is 0 Å². The summed E-state index contributed by atoms with van der Waals surface area (Å²) < 4.78 is 12.6. The minimum Gasteiger partial charge on any atom is -0.469 e. The smallest absolute Gasteiger partial charge is 0.306 e. The van der Waals surface area contributed by atoms with Crippen molar-refractivity contribution in [3.63, 3.8) is 0 Å². The maximum Gasteiger partial charge on any atom is 0.306 e. The summed E-state index contributed by atoms with van der Waals surface area (Å²) in [5.41, 5.74) is 3.12. The molecule has 0 N–H and O–H groups in total. The predicted octanol–water partition coefficient (Wildman–Crippen LogP) is 2.19. The Labute approximate surface area is 142 Å². The third-order valence-corrected chi connectivity index (χ3v) is 4.48. The average molecular weight is 331 g/mol. The Morgan fingerprint density at radius 2 is 2.38 bits per heavy atom. The molecule has 6 heteroatoms. The van der Waals surface area contributed by atoms with Gasteiger partial charge in [0.05, 0.1) is 25.3 Å². The van der Waals surface area contributed by atoms with Gasteiger partial charge < -0.3 is 13.9 Å². The first-order valence-corrected chi connectivity index (χ1v) is 8.50. The number of esters is 1. The summed E-state index contributed by atoms with van der Waals surface area (Å²) in [7, 11) is 1.43. The van der Waals surface area contributed by atoms with E-state index in [4.69, 9.17) is 14.5 Å². The molecule has 0 saturated carbocycles. The van der Waals surface area contributed by atoms with Crippen molar-refractivity contribution < 1.29 is 14.3 Å². The molecule has 3 heterocycles. The standard InChI is InChI=1S/C18H25N3O3/c1-14-5-3-7-17-19-15(12-21(14)17)11-20(9-8-18(22)23-2)13-16-6-4-10-24-16/h3,5,7,12,16H,4,6,8-11,13H2,1-2H3. The summed E-state index contributed by atoms with van der Waals surface area (Å²) in [4.78, 5) is 18.4. The molecular formula is C18H25N3O3. The monoisotopic (exact) mass is 331 g/mol. The van der Waals surface area contributed by atoms with Gasteiger partial charge in [-0.3, -0.25) is 9.69 Å². The number of imidazole rings is 1. The lowest BCUT2D eigenvalue weighted by atomic mass is 10.2. The van der Waals surface area contributed by atoms with Crippen molar-refractivity contribution in [1.82, 2.24) is 14.3 Å². The van der Waals surface area contributed by atoms with Crippen LogP contribution in [0.1, 0.15) is 30.7 Å². The second-order valence-corrected chi connectivity index (χ2v) is 6.32. The number of carbonyl (C=O) groups excluding carboxylic acids is 1. The second-order valence-electron chi connectivity index (χ2n) is 6.32. The molecule has 1 unspecified atom stereocenters. The van der Waals surface area contributed by atoms with E-state index in [0.717, 1.165) is 43.0 Å². The van der Waals surface area contributed by atoms with E-state index >= 15 is 0 Å². The highest BCUT2D eigenvalue weighted by molar-refractivity contribution is 5.69. The highest BCUT2D eigenvalue weighted by atomic mass is 16.5. The first kappa shape index (κ1) is 16.9. The molecule has 24 heavy (non-hydrogen) atoms. The van der Waals surface area contributed by atoms with Crippen molar-refractivity contribution in [3.05, 3.63) is 35.8 Å². The van der Waals surface area contributed by atoms with Crippen molar-refractivity contribution in [2.75, 3.05) is 26.8 Å². The molecule has 1 fully saturated rings. The molecule has 1 atom stereocenters. The lowest BCUT2D eigenvalue weighted by Crippen LogP contribution is -2.33. The van der Waals surface area contributed by atoms with Crippen LogP contribution in [0.15, 0.2) is 24.4 Å². The molecule has 0 aliphatic carbocycles. The molecule has 0 amide bonds. The number of pyridine rings is 1. The van der Waals surface area contributed by atoms with Crippen molar-refractivity contribution in [1.29, 1.82) is 0 Å². The van der Waals surface area contributed by atoms with Crippen LogP contribution in [0.3, 0.4) is 0 Å². The Morgan fingerprint density at radius 3 is 3.08 bits per heavy atom. The van der Waals surface area contributed by atoms with Gasteiger partial charge in [0.1, 0.15) is 5.65 Å². The number of hydrogen-bond donors (Lipinski definition) is 0. The highest BCUT2D eigenvalue weighted by Gasteiger charge is 2.20. The number of fused-ring (bicyclic) bond motifs is 1. The fourth-order valence-electron chi connectivity index (χ4n) is 3.17. The normalized spacial score (nSPS) is 17.7. The maximum absolute atomic E-state index is 11.5. The number of hydrogen-bond acceptors (Lipinski definition) is 5. The zero-order valence-electron chi connectivity index (χ0n) is 14.4. The van der Waals surface area contributed by atoms with Crippen LogP contribution in [0.2, 0.25) is 0 Å². The third-order valence-electron chi connectivity index (χ3n) is 4.48. The van der Waals surface area contributed by atoms with Crippen LogP contribution in [-0.4, -0.2) is 53.2 Å². The average Bonchev–Trinajstić information content (AvgIpc) is 3.22. The number of rotatable bonds is 7. The van der Waals surface area contributed by atoms with Crippen LogP contribution < -0.4 is 0 Å². The minimum absolute atomic E-state index is 0.182. The molecule has 130 valence electrons. The highest BCUT2D eigenvalue weighted by Crippen LogP contribution is 2.16. The lowest BCUT2D eigenvalue weighted by molar-refractivity contribution is -0.141. The van der Waals surface area contributed by atoms with Gasteiger partial charge in [-0.2, -0.15) is 0 Å². The number of methoxy groups -OCH3 is 1. The van der Waals surface area contributed by atoms with E-state index in [-0.39, 0.29) is 12.1 Å². The molecule has 1 saturated heterocycles. The van der Waals surface area contributed by atoms with Gasteiger partial charge in [-0.15, -0.1) is 0 Å². The van der Waals surface area contributed by atoms with Gasteiger partial charge in [0, 0.05) is 38.1 Å². The van der Waals surface area contributed by atoms with Gasteiger partial charge in [-0.25, -0.2) is 4.98 Å². The van der Waals surface area contributed by atoms with E-state index in [9.17, 15) is 4.79 Å². The van der Waals surface area contributed by atoms with Crippen molar-refractivity contribution >= 4 is 11.6 Å².